The molecule has 5 heteroatoms. The Labute approximate surface area is 143 Å². The minimum Gasteiger partial charge on any atom is -0.346 e. The van der Waals surface area contributed by atoms with Crippen LogP contribution in [-0.2, 0) is 14.3 Å². The maximum absolute atomic E-state index is 13.1. The van der Waals surface area contributed by atoms with Crippen LogP contribution in [0.3, 0.4) is 0 Å². The topological polar surface area (TPSA) is 42.0 Å². The molecule has 1 aromatic rings. The van der Waals surface area contributed by atoms with Gasteiger partial charge in [-0.3, -0.25) is 9.69 Å². The number of rotatable bonds is 2. The summed E-state index contributed by atoms with van der Waals surface area (Å²) in [6.07, 6.45) is 1.74. The largest absolute Gasteiger partial charge is 0.346 e. The molecule has 4 rings (SSSR count). The number of nitrogens with zero attached hydrogens (tertiary/aromatic N) is 2. The lowest BCUT2D eigenvalue weighted by Crippen LogP contribution is -2.43. The normalized spacial score (nSPS) is 26.9. The number of anilines is 1. The molecule has 0 saturated carbocycles. The van der Waals surface area contributed by atoms with Gasteiger partial charge in [0, 0.05) is 25.2 Å². The van der Waals surface area contributed by atoms with E-state index in [-0.39, 0.29) is 11.9 Å². The average Bonchev–Trinajstić information content (AvgIpc) is 3.22. The lowest BCUT2D eigenvalue weighted by atomic mass is 10.0. The Balaban J connectivity index is 1.53. The molecule has 130 valence electrons. The van der Waals surface area contributed by atoms with E-state index in [0.717, 1.165) is 31.6 Å². The van der Waals surface area contributed by atoms with Gasteiger partial charge in [-0.1, -0.05) is 17.7 Å². The molecule has 0 N–H and O–H groups in total. The van der Waals surface area contributed by atoms with Crippen LogP contribution in [0, 0.1) is 20.8 Å². The highest BCUT2D eigenvalue weighted by atomic mass is 16.7. The molecular weight excluding hydrogens is 304 g/mol. The van der Waals surface area contributed by atoms with Crippen LogP contribution < -0.4 is 4.90 Å². The van der Waals surface area contributed by atoms with Gasteiger partial charge in [0.25, 0.3) is 0 Å². The Hall–Kier alpha value is -1.43. The molecule has 1 unspecified atom stereocenters. The molecule has 3 aliphatic heterocycles. The maximum atomic E-state index is 13.1. The van der Waals surface area contributed by atoms with E-state index < -0.39 is 5.79 Å². The van der Waals surface area contributed by atoms with Gasteiger partial charge >= 0.3 is 0 Å². The highest BCUT2D eigenvalue weighted by Gasteiger charge is 2.48. The summed E-state index contributed by atoms with van der Waals surface area (Å²) in [4.78, 5) is 17.3. The molecule has 3 fully saturated rings. The summed E-state index contributed by atoms with van der Waals surface area (Å²) < 4.78 is 11.6. The van der Waals surface area contributed by atoms with Crippen molar-refractivity contribution >= 4 is 11.6 Å². The molecule has 3 saturated heterocycles. The summed E-state index contributed by atoms with van der Waals surface area (Å²) in [6, 6.07) is 4.28. The Morgan fingerprint density at radius 1 is 1.08 bits per heavy atom. The predicted octanol–water partition coefficient (Wildman–Crippen LogP) is 2.17. The summed E-state index contributed by atoms with van der Waals surface area (Å²) >= 11 is 0. The van der Waals surface area contributed by atoms with Crippen LogP contribution in [0.2, 0.25) is 0 Å². The van der Waals surface area contributed by atoms with E-state index in [1.807, 2.05) is 4.90 Å². The van der Waals surface area contributed by atoms with E-state index >= 15 is 0 Å². The number of aryl methyl sites for hydroxylation is 3. The van der Waals surface area contributed by atoms with Gasteiger partial charge in [-0.05, 0) is 38.3 Å². The first-order valence-corrected chi connectivity index (χ1v) is 8.90. The predicted molar refractivity (Wildman–Crippen MR) is 92.2 cm³/mol. The third kappa shape index (κ3) is 2.55. The summed E-state index contributed by atoms with van der Waals surface area (Å²) in [5.74, 6) is -0.233. The maximum Gasteiger partial charge on any atom is 0.244 e. The van der Waals surface area contributed by atoms with Crippen molar-refractivity contribution in [3.05, 3.63) is 28.8 Å². The Morgan fingerprint density at radius 3 is 2.42 bits per heavy atom. The number of hydrogen-bond acceptors (Lipinski definition) is 4. The number of likely N-dealkylation sites (tertiary alicyclic amines) is 1. The van der Waals surface area contributed by atoms with Gasteiger partial charge in [0.1, 0.15) is 0 Å². The third-order valence-corrected chi connectivity index (χ3v) is 5.56. The second-order valence-electron chi connectivity index (χ2n) is 7.37. The van der Waals surface area contributed by atoms with Gasteiger partial charge < -0.3 is 14.4 Å². The second kappa shape index (κ2) is 5.83. The summed E-state index contributed by atoms with van der Waals surface area (Å²) in [5.41, 5.74) is 4.70. The van der Waals surface area contributed by atoms with Crippen LogP contribution in [0.15, 0.2) is 12.1 Å². The van der Waals surface area contributed by atoms with Gasteiger partial charge in [0.05, 0.1) is 25.8 Å². The number of carbonyl (C=O) groups excluding carboxylic acids is 1. The quantitative estimate of drug-likeness (QED) is 0.833. The number of benzene rings is 1. The van der Waals surface area contributed by atoms with Crippen LogP contribution in [0.5, 0.6) is 0 Å². The molecule has 24 heavy (non-hydrogen) atoms. The van der Waals surface area contributed by atoms with Crippen LogP contribution in [0.25, 0.3) is 0 Å². The lowest BCUT2D eigenvalue weighted by molar-refractivity contribution is -0.147. The Kier molecular flexibility index (Phi) is 3.90. The van der Waals surface area contributed by atoms with Crippen LogP contribution in [-0.4, -0.2) is 55.5 Å². The highest BCUT2D eigenvalue weighted by molar-refractivity contribution is 6.00. The van der Waals surface area contributed by atoms with Crippen molar-refractivity contribution in [3.63, 3.8) is 0 Å². The molecule has 1 amide bonds. The van der Waals surface area contributed by atoms with Gasteiger partial charge in [-0.2, -0.15) is 0 Å². The van der Waals surface area contributed by atoms with Gasteiger partial charge in [0.2, 0.25) is 5.91 Å². The highest BCUT2D eigenvalue weighted by Crippen LogP contribution is 2.36. The monoisotopic (exact) mass is 330 g/mol. The molecule has 5 nitrogen and oxygen atoms in total. The molecule has 1 aromatic carbocycles. The zero-order chi connectivity index (χ0) is 16.9. The van der Waals surface area contributed by atoms with E-state index in [1.54, 1.807) is 0 Å². The van der Waals surface area contributed by atoms with E-state index in [0.29, 0.717) is 19.8 Å². The number of amides is 1. The molecule has 0 aliphatic carbocycles. The van der Waals surface area contributed by atoms with Crippen LogP contribution in [0.1, 0.15) is 29.5 Å². The molecule has 0 radical (unpaired) electrons. The minimum atomic E-state index is -0.455. The van der Waals surface area contributed by atoms with Crippen molar-refractivity contribution in [2.75, 3.05) is 37.7 Å². The SMILES string of the molecule is Cc1cc(C)c(N2CCC(N3CCC4(C3)OCCO4)C2=O)c(C)c1. The molecule has 3 heterocycles. The third-order valence-electron chi connectivity index (χ3n) is 5.56. The standard InChI is InChI=1S/C19H26N2O3/c1-13-10-14(2)17(15(3)11-13)21-6-4-16(18(21)22)20-7-5-19(12-20)23-8-9-24-19/h10-11,16H,4-9,12H2,1-3H3. The molecule has 1 atom stereocenters. The molecule has 0 bridgehead atoms. The smallest absolute Gasteiger partial charge is 0.244 e. The van der Waals surface area contributed by atoms with E-state index in [4.69, 9.17) is 9.47 Å². The summed E-state index contributed by atoms with van der Waals surface area (Å²) in [5, 5.41) is 0. The van der Waals surface area contributed by atoms with Crippen LogP contribution in [0.4, 0.5) is 5.69 Å². The van der Waals surface area contributed by atoms with Crippen molar-refractivity contribution in [3.8, 4) is 0 Å². The number of carbonyl (C=O) groups is 1. The summed E-state index contributed by atoms with van der Waals surface area (Å²) in [7, 11) is 0. The number of hydrogen-bond donors (Lipinski definition) is 0. The summed E-state index contributed by atoms with van der Waals surface area (Å²) in [6.45, 7) is 10.0. The zero-order valence-electron chi connectivity index (χ0n) is 14.8. The molecule has 3 aliphatic rings. The molecule has 0 aromatic heterocycles. The Morgan fingerprint density at radius 2 is 1.75 bits per heavy atom. The first-order valence-electron chi connectivity index (χ1n) is 8.90. The van der Waals surface area contributed by atoms with Gasteiger partial charge in [-0.15, -0.1) is 0 Å². The van der Waals surface area contributed by atoms with E-state index in [2.05, 4.69) is 37.8 Å². The zero-order valence-corrected chi connectivity index (χ0v) is 14.8. The minimum absolute atomic E-state index is 0.0442. The fourth-order valence-corrected chi connectivity index (χ4v) is 4.60. The first-order chi connectivity index (χ1) is 11.5. The Bertz CT molecular complexity index is 644. The van der Waals surface area contributed by atoms with Crippen molar-refractivity contribution in [2.45, 2.75) is 45.4 Å². The van der Waals surface area contributed by atoms with Gasteiger partial charge in [-0.25, -0.2) is 0 Å². The van der Waals surface area contributed by atoms with Crippen molar-refractivity contribution < 1.29 is 14.3 Å². The van der Waals surface area contributed by atoms with E-state index in [9.17, 15) is 4.79 Å². The van der Waals surface area contributed by atoms with Crippen molar-refractivity contribution in [1.82, 2.24) is 4.90 Å². The van der Waals surface area contributed by atoms with Crippen LogP contribution >= 0.6 is 0 Å². The first kappa shape index (κ1) is 16.1. The molecule has 1 spiro atoms. The fourth-order valence-electron chi connectivity index (χ4n) is 4.60. The average molecular weight is 330 g/mol. The van der Waals surface area contributed by atoms with Crippen molar-refractivity contribution in [2.24, 2.45) is 0 Å². The fraction of sp³-hybridized carbons (Fsp3) is 0.632. The number of ether oxygens (including phenoxy) is 2. The molecular formula is C19H26N2O3. The van der Waals surface area contributed by atoms with Gasteiger partial charge in [0.15, 0.2) is 5.79 Å². The lowest BCUT2D eigenvalue weighted by Gasteiger charge is -2.27. The van der Waals surface area contributed by atoms with Crippen molar-refractivity contribution in [1.29, 1.82) is 0 Å². The van der Waals surface area contributed by atoms with E-state index in [1.165, 1.54) is 16.7 Å². The second-order valence-corrected chi connectivity index (χ2v) is 7.37.